The third-order valence-electron chi connectivity index (χ3n) is 4.14. The van der Waals surface area contributed by atoms with Crippen molar-refractivity contribution in [1.29, 1.82) is 0 Å². The second-order valence-corrected chi connectivity index (χ2v) is 6.90. The van der Waals surface area contributed by atoms with Gasteiger partial charge in [0.2, 0.25) is 0 Å². The summed E-state index contributed by atoms with van der Waals surface area (Å²) in [5.74, 6) is 3.24. The summed E-state index contributed by atoms with van der Waals surface area (Å²) in [5, 5.41) is 3.83. The van der Waals surface area contributed by atoms with Crippen LogP contribution in [0.4, 0.5) is 0 Å². The van der Waals surface area contributed by atoms with E-state index in [2.05, 4.69) is 30.9 Å². The van der Waals surface area contributed by atoms with E-state index in [0.29, 0.717) is 4.87 Å². The number of thioether (sulfide) groups is 1. The fourth-order valence-electron chi connectivity index (χ4n) is 2.88. The zero-order chi connectivity index (χ0) is 10.7. The lowest BCUT2D eigenvalue weighted by atomic mass is 9.97. The molecule has 15 heavy (non-hydrogen) atoms. The summed E-state index contributed by atoms with van der Waals surface area (Å²) in [6.07, 6.45) is 8.55. The van der Waals surface area contributed by atoms with Gasteiger partial charge in [-0.2, -0.15) is 0 Å². The largest absolute Gasteiger partial charge is 0.303 e. The highest BCUT2D eigenvalue weighted by molar-refractivity contribution is 8.00. The van der Waals surface area contributed by atoms with E-state index in [1.807, 2.05) is 0 Å². The molecule has 0 bridgehead atoms. The SMILES string of the molecule is CCC1CCCC2(CC1)NCC(C)CS2. The van der Waals surface area contributed by atoms with Crippen LogP contribution in [0.2, 0.25) is 0 Å². The van der Waals surface area contributed by atoms with Crippen molar-refractivity contribution >= 4 is 11.8 Å². The first-order valence-electron chi connectivity index (χ1n) is 6.63. The normalized spacial score (nSPS) is 42.8. The standard InChI is InChI=1S/C13H25NS/c1-3-12-5-4-7-13(8-6-12)14-9-11(2)10-15-13/h11-12,14H,3-10H2,1-2H3. The van der Waals surface area contributed by atoms with Crippen LogP contribution in [-0.4, -0.2) is 17.2 Å². The van der Waals surface area contributed by atoms with Gasteiger partial charge >= 0.3 is 0 Å². The van der Waals surface area contributed by atoms with Crippen LogP contribution in [0.1, 0.15) is 52.4 Å². The minimum absolute atomic E-state index is 0.469. The molecule has 2 aliphatic rings. The predicted octanol–water partition coefficient (Wildman–Crippen LogP) is 3.65. The van der Waals surface area contributed by atoms with Gasteiger partial charge in [-0.1, -0.05) is 33.1 Å². The number of hydrogen-bond donors (Lipinski definition) is 1. The molecule has 1 N–H and O–H groups in total. The molecule has 88 valence electrons. The van der Waals surface area contributed by atoms with Gasteiger partial charge in [0.1, 0.15) is 0 Å². The van der Waals surface area contributed by atoms with Crippen molar-refractivity contribution in [3.05, 3.63) is 0 Å². The Morgan fingerprint density at radius 3 is 2.87 bits per heavy atom. The van der Waals surface area contributed by atoms with E-state index in [1.165, 1.54) is 50.8 Å². The van der Waals surface area contributed by atoms with Gasteiger partial charge in [0.15, 0.2) is 0 Å². The highest BCUT2D eigenvalue weighted by atomic mass is 32.2. The predicted molar refractivity (Wildman–Crippen MR) is 69.2 cm³/mol. The van der Waals surface area contributed by atoms with Crippen molar-refractivity contribution in [3.63, 3.8) is 0 Å². The van der Waals surface area contributed by atoms with Crippen molar-refractivity contribution in [3.8, 4) is 0 Å². The Hall–Kier alpha value is 0.310. The molecule has 2 heteroatoms. The third kappa shape index (κ3) is 2.91. The number of rotatable bonds is 1. The summed E-state index contributed by atoms with van der Waals surface area (Å²) >= 11 is 2.21. The molecular weight excluding hydrogens is 202 g/mol. The van der Waals surface area contributed by atoms with Gasteiger partial charge in [-0.25, -0.2) is 0 Å². The summed E-state index contributed by atoms with van der Waals surface area (Å²) in [5.41, 5.74) is 0. The first kappa shape index (κ1) is 11.8. The molecule has 1 saturated carbocycles. The van der Waals surface area contributed by atoms with E-state index in [0.717, 1.165) is 11.8 Å². The molecule has 2 rings (SSSR count). The van der Waals surface area contributed by atoms with Crippen molar-refractivity contribution in [2.45, 2.75) is 57.2 Å². The Morgan fingerprint density at radius 2 is 2.20 bits per heavy atom. The lowest BCUT2D eigenvalue weighted by Crippen LogP contribution is -2.48. The summed E-state index contributed by atoms with van der Waals surface area (Å²) in [6.45, 7) is 5.95. The summed E-state index contributed by atoms with van der Waals surface area (Å²) in [6, 6.07) is 0. The van der Waals surface area contributed by atoms with Crippen LogP contribution in [0.25, 0.3) is 0 Å². The van der Waals surface area contributed by atoms with Crippen LogP contribution in [0.3, 0.4) is 0 Å². The van der Waals surface area contributed by atoms with Crippen LogP contribution >= 0.6 is 11.8 Å². The minimum atomic E-state index is 0.469. The molecule has 1 heterocycles. The zero-order valence-corrected chi connectivity index (χ0v) is 11.0. The summed E-state index contributed by atoms with van der Waals surface area (Å²) < 4.78 is 0. The van der Waals surface area contributed by atoms with Gasteiger partial charge in [0.05, 0.1) is 4.87 Å². The van der Waals surface area contributed by atoms with E-state index in [9.17, 15) is 0 Å². The topological polar surface area (TPSA) is 12.0 Å². The average molecular weight is 227 g/mol. The molecule has 0 amide bonds. The maximum absolute atomic E-state index is 3.83. The first-order chi connectivity index (χ1) is 7.24. The zero-order valence-electron chi connectivity index (χ0n) is 10.2. The molecule has 1 saturated heterocycles. The number of hydrogen-bond acceptors (Lipinski definition) is 2. The molecule has 3 atom stereocenters. The second kappa shape index (κ2) is 5.09. The maximum Gasteiger partial charge on any atom is 0.0645 e. The van der Waals surface area contributed by atoms with E-state index in [1.54, 1.807) is 0 Å². The van der Waals surface area contributed by atoms with Crippen LogP contribution in [0, 0.1) is 11.8 Å². The fraction of sp³-hybridized carbons (Fsp3) is 1.00. The number of nitrogens with one attached hydrogen (secondary N) is 1. The van der Waals surface area contributed by atoms with Crippen molar-refractivity contribution in [1.82, 2.24) is 5.32 Å². The van der Waals surface area contributed by atoms with Crippen LogP contribution < -0.4 is 5.32 Å². The van der Waals surface area contributed by atoms with Gasteiger partial charge < -0.3 is 5.32 Å². The molecule has 0 aromatic rings. The Labute approximate surface area is 98.8 Å². The highest BCUT2D eigenvalue weighted by Gasteiger charge is 2.35. The molecule has 1 spiro atoms. The van der Waals surface area contributed by atoms with Crippen LogP contribution in [0.5, 0.6) is 0 Å². The smallest absolute Gasteiger partial charge is 0.0645 e. The summed E-state index contributed by atoms with van der Waals surface area (Å²) in [4.78, 5) is 0.469. The van der Waals surface area contributed by atoms with Crippen molar-refractivity contribution in [2.75, 3.05) is 12.3 Å². The molecule has 0 aromatic carbocycles. The lowest BCUT2D eigenvalue weighted by Gasteiger charge is -2.39. The molecule has 0 aromatic heterocycles. The van der Waals surface area contributed by atoms with Crippen LogP contribution in [-0.2, 0) is 0 Å². The Morgan fingerprint density at radius 1 is 1.33 bits per heavy atom. The molecule has 2 fully saturated rings. The van der Waals surface area contributed by atoms with Gasteiger partial charge in [0, 0.05) is 0 Å². The molecule has 1 aliphatic heterocycles. The second-order valence-electron chi connectivity index (χ2n) is 5.50. The van der Waals surface area contributed by atoms with E-state index < -0.39 is 0 Å². The molecule has 3 unspecified atom stereocenters. The van der Waals surface area contributed by atoms with Crippen LogP contribution in [0.15, 0.2) is 0 Å². The van der Waals surface area contributed by atoms with Gasteiger partial charge in [-0.15, -0.1) is 11.8 Å². The highest BCUT2D eigenvalue weighted by Crippen LogP contribution is 2.41. The fourth-order valence-corrected chi connectivity index (χ4v) is 4.34. The van der Waals surface area contributed by atoms with Crippen molar-refractivity contribution in [2.24, 2.45) is 11.8 Å². The molecular formula is C13H25NS. The van der Waals surface area contributed by atoms with Gasteiger partial charge in [-0.3, -0.25) is 0 Å². The average Bonchev–Trinajstić information content (AvgIpc) is 2.46. The first-order valence-corrected chi connectivity index (χ1v) is 7.61. The summed E-state index contributed by atoms with van der Waals surface area (Å²) in [7, 11) is 0. The van der Waals surface area contributed by atoms with E-state index in [-0.39, 0.29) is 0 Å². The Bertz CT molecular complexity index is 197. The Balaban J connectivity index is 1.91. The molecule has 0 radical (unpaired) electrons. The molecule has 1 aliphatic carbocycles. The van der Waals surface area contributed by atoms with E-state index in [4.69, 9.17) is 0 Å². The third-order valence-corrected chi connectivity index (χ3v) is 5.98. The van der Waals surface area contributed by atoms with Gasteiger partial charge in [-0.05, 0) is 43.4 Å². The maximum atomic E-state index is 3.83. The molecule has 1 nitrogen and oxygen atoms in total. The van der Waals surface area contributed by atoms with E-state index >= 15 is 0 Å². The monoisotopic (exact) mass is 227 g/mol. The van der Waals surface area contributed by atoms with Gasteiger partial charge in [0.25, 0.3) is 0 Å². The minimum Gasteiger partial charge on any atom is -0.303 e. The quantitative estimate of drug-likeness (QED) is 0.734. The van der Waals surface area contributed by atoms with Crippen molar-refractivity contribution < 1.29 is 0 Å². The Kier molecular flexibility index (Phi) is 4.00. The lowest BCUT2D eigenvalue weighted by molar-refractivity contribution is 0.364.